The number of ether oxygens (including phenoxy) is 1. The van der Waals surface area contributed by atoms with Crippen LogP contribution in [0.1, 0.15) is 45.4 Å². The number of hydrogen-bond donors (Lipinski definition) is 1. The molecule has 4 heteroatoms. The van der Waals surface area contributed by atoms with Gasteiger partial charge in [0.1, 0.15) is 0 Å². The summed E-state index contributed by atoms with van der Waals surface area (Å²) < 4.78 is 6.13. The molecule has 0 aromatic carbocycles. The molecule has 0 saturated heterocycles. The predicted molar refractivity (Wildman–Crippen MR) is 87.8 cm³/mol. The fourth-order valence-corrected chi connectivity index (χ4v) is 3.66. The van der Waals surface area contributed by atoms with E-state index in [-0.39, 0.29) is 0 Å². The molecule has 112 valence electrons. The summed E-state index contributed by atoms with van der Waals surface area (Å²) in [5.41, 5.74) is 0. The van der Waals surface area contributed by atoms with Crippen molar-refractivity contribution in [2.45, 2.75) is 50.2 Å². The van der Waals surface area contributed by atoms with Crippen molar-refractivity contribution in [1.82, 2.24) is 4.98 Å². The van der Waals surface area contributed by atoms with Crippen molar-refractivity contribution >= 4 is 17.6 Å². The van der Waals surface area contributed by atoms with E-state index in [4.69, 9.17) is 4.74 Å². The van der Waals surface area contributed by atoms with Crippen molar-refractivity contribution in [3.8, 4) is 5.75 Å². The number of pyridine rings is 1. The molecule has 0 radical (unpaired) electrons. The van der Waals surface area contributed by atoms with Gasteiger partial charge < -0.3 is 10.1 Å². The molecule has 1 aliphatic carbocycles. The van der Waals surface area contributed by atoms with Crippen LogP contribution in [0.4, 0.5) is 5.82 Å². The molecular weight excluding hydrogens is 268 g/mol. The molecular formula is C16H26N2OS. The molecule has 0 atom stereocenters. The van der Waals surface area contributed by atoms with Crippen molar-refractivity contribution in [2.24, 2.45) is 0 Å². The Morgan fingerprint density at radius 2 is 2.15 bits per heavy atom. The highest BCUT2D eigenvalue weighted by molar-refractivity contribution is 8.00. The molecule has 1 saturated carbocycles. The zero-order valence-electron chi connectivity index (χ0n) is 12.7. The molecule has 0 unspecified atom stereocenters. The molecule has 1 fully saturated rings. The van der Waals surface area contributed by atoms with Crippen LogP contribution in [0.15, 0.2) is 18.3 Å². The second-order valence-corrected chi connectivity index (χ2v) is 6.77. The maximum Gasteiger partial charge on any atom is 0.168 e. The van der Waals surface area contributed by atoms with Crippen LogP contribution in [0.2, 0.25) is 0 Å². The Kier molecular flexibility index (Phi) is 6.02. The van der Waals surface area contributed by atoms with E-state index in [0.29, 0.717) is 4.75 Å². The number of nitrogens with one attached hydrogen (secondary N) is 1. The third kappa shape index (κ3) is 4.05. The Morgan fingerprint density at radius 1 is 1.35 bits per heavy atom. The Hall–Kier alpha value is -0.900. The fraction of sp³-hybridized carbons (Fsp3) is 0.688. The molecule has 0 spiro atoms. The van der Waals surface area contributed by atoms with E-state index in [1.807, 2.05) is 30.1 Å². The summed E-state index contributed by atoms with van der Waals surface area (Å²) in [5.74, 6) is 1.77. The number of anilines is 1. The van der Waals surface area contributed by atoms with E-state index < -0.39 is 0 Å². The predicted octanol–water partition coefficient (Wildman–Crippen LogP) is 4.35. The second-order valence-electron chi connectivity index (χ2n) is 5.50. The molecule has 1 aromatic rings. The lowest BCUT2D eigenvalue weighted by Crippen LogP contribution is -2.35. The van der Waals surface area contributed by atoms with Crippen LogP contribution in [0, 0.1) is 0 Å². The molecule has 3 nitrogen and oxygen atoms in total. The number of nitrogens with zero attached hydrogens (tertiary/aromatic N) is 1. The molecule has 20 heavy (non-hydrogen) atoms. The van der Waals surface area contributed by atoms with Gasteiger partial charge in [0.05, 0.1) is 6.61 Å². The molecule has 2 rings (SSSR count). The Balaban J connectivity index is 1.98. The van der Waals surface area contributed by atoms with Crippen molar-refractivity contribution in [2.75, 3.05) is 24.7 Å². The summed E-state index contributed by atoms with van der Waals surface area (Å²) in [6, 6.07) is 3.93. The van der Waals surface area contributed by atoms with Crippen molar-refractivity contribution in [1.29, 1.82) is 0 Å². The normalized spacial score (nSPS) is 17.7. The van der Waals surface area contributed by atoms with E-state index in [2.05, 4.69) is 23.5 Å². The molecule has 1 heterocycles. The highest BCUT2D eigenvalue weighted by Gasteiger charge is 2.31. The zero-order chi connectivity index (χ0) is 14.3. The quantitative estimate of drug-likeness (QED) is 0.811. The third-order valence-corrected chi connectivity index (χ3v) is 5.43. The van der Waals surface area contributed by atoms with Gasteiger partial charge in [0.15, 0.2) is 11.6 Å². The molecule has 1 N–H and O–H groups in total. The van der Waals surface area contributed by atoms with Gasteiger partial charge in [0.25, 0.3) is 0 Å². The highest BCUT2D eigenvalue weighted by Crippen LogP contribution is 2.39. The van der Waals surface area contributed by atoms with E-state index in [0.717, 1.165) is 31.1 Å². The van der Waals surface area contributed by atoms with Crippen LogP contribution in [-0.2, 0) is 0 Å². The maximum atomic E-state index is 5.76. The lowest BCUT2D eigenvalue weighted by atomic mass is 9.88. The summed E-state index contributed by atoms with van der Waals surface area (Å²) in [5, 5.41) is 3.53. The first-order chi connectivity index (χ1) is 9.79. The first-order valence-electron chi connectivity index (χ1n) is 7.66. The summed E-state index contributed by atoms with van der Waals surface area (Å²) >= 11 is 2.01. The number of thioether (sulfide) groups is 1. The minimum atomic E-state index is 0.373. The Bertz CT molecular complexity index is 405. The lowest BCUT2D eigenvalue weighted by Gasteiger charge is -2.36. The summed E-state index contributed by atoms with van der Waals surface area (Å²) in [4.78, 5) is 4.44. The van der Waals surface area contributed by atoms with Gasteiger partial charge in [-0.15, -0.1) is 0 Å². The van der Waals surface area contributed by atoms with E-state index in [1.54, 1.807) is 0 Å². The summed E-state index contributed by atoms with van der Waals surface area (Å²) in [6.07, 6.45) is 11.8. The van der Waals surface area contributed by atoms with Crippen molar-refractivity contribution < 1.29 is 4.74 Å². The van der Waals surface area contributed by atoms with Crippen LogP contribution in [-0.4, -0.2) is 29.1 Å². The van der Waals surface area contributed by atoms with Crippen LogP contribution in [0.3, 0.4) is 0 Å². The standard InChI is InChI=1S/C16H26N2OS/c1-3-12-19-14-8-7-11-17-15(14)18-13-16(20-2)9-5-4-6-10-16/h7-8,11H,3-6,9-10,12-13H2,1-2H3,(H,17,18). The highest BCUT2D eigenvalue weighted by atomic mass is 32.2. The zero-order valence-corrected chi connectivity index (χ0v) is 13.5. The van der Waals surface area contributed by atoms with Crippen LogP contribution >= 0.6 is 11.8 Å². The van der Waals surface area contributed by atoms with Gasteiger partial charge in [0.2, 0.25) is 0 Å². The topological polar surface area (TPSA) is 34.1 Å². The van der Waals surface area contributed by atoms with Crippen LogP contribution in [0.5, 0.6) is 5.75 Å². The van der Waals surface area contributed by atoms with Gasteiger partial charge >= 0.3 is 0 Å². The first kappa shape index (κ1) is 15.5. The maximum absolute atomic E-state index is 5.76. The van der Waals surface area contributed by atoms with Gasteiger partial charge in [-0.1, -0.05) is 26.2 Å². The summed E-state index contributed by atoms with van der Waals surface area (Å²) in [7, 11) is 0. The third-order valence-electron chi connectivity index (χ3n) is 4.01. The number of rotatable bonds is 7. The Labute approximate surface area is 126 Å². The lowest BCUT2D eigenvalue weighted by molar-refractivity contribution is 0.317. The molecule has 0 amide bonds. The average Bonchev–Trinajstić information content (AvgIpc) is 2.52. The van der Waals surface area contributed by atoms with Crippen molar-refractivity contribution in [3.63, 3.8) is 0 Å². The molecule has 1 aromatic heterocycles. The van der Waals surface area contributed by atoms with Crippen molar-refractivity contribution in [3.05, 3.63) is 18.3 Å². The average molecular weight is 294 g/mol. The van der Waals surface area contributed by atoms with E-state index >= 15 is 0 Å². The second kappa shape index (κ2) is 7.77. The summed E-state index contributed by atoms with van der Waals surface area (Å²) in [6.45, 7) is 3.84. The van der Waals surface area contributed by atoms with Gasteiger partial charge in [-0.25, -0.2) is 4.98 Å². The van der Waals surface area contributed by atoms with Gasteiger partial charge in [-0.3, -0.25) is 0 Å². The Morgan fingerprint density at radius 3 is 2.85 bits per heavy atom. The first-order valence-corrected chi connectivity index (χ1v) is 8.89. The number of aromatic nitrogens is 1. The van der Waals surface area contributed by atoms with Gasteiger partial charge in [-0.2, -0.15) is 11.8 Å². The molecule has 0 bridgehead atoms. The monoisotopic (exact) mass is 294 g/mol. The van der Waals surface area contributed by atoms with Gasteiger partial charge in [-0.05, 0) is 37.7 Å². The fourth-order valence-electron chi connectivity index (χ4n) is 2.75. The van der Waals surface area contributed by atoms with E-state index in [1.165, 1.54) is 32.1 Å². The molecule has 1 aliphatic rings. The van der Waals surface area contributed by atoms with E-state index in [9.17, 15) is 0 Å². The number of hydrogen-bond acceptors (Lipinski definition) is 4. The smallest absolute Gasteiger partial charge is 0.168 e. The van der Waals surface area contributed by atoms with Crippen LogP contribution in [0.25, 0.3) is 0 Å². The largest absolute Gasteiger partial charge is 0.490 e. The minimum absolute atomic E-state index is 0.373. The van der Waals surface area contributed by atoms with Crippen LogP contribution < -0.4 is 10.1 Å². The SMILES string of the molecule is CCCOc1cccnc1NCC1(SC)CCCCC1. The molecule has 0 aliphatic heterocycles. The van der Waals surface area contributed by atoms with Gasteiger partial charge in [0, 0.05) is 17.5 Å². The minimum Gasteiger partial charge on any atom is -0.490 e.